The second-order valence-electron chi connectivity index (χ2n) is 7.09. The number of hydrazine groups is 1. The molecule has 0 unspecified atom stereocenters. The summed E-state index contributed by atoms with van der Waals surface area (Å²) in [6.45, 7) is 3.87. The molecule has 4 rings (SSSR count). The third kappa shape index (κ3) is 5.12. The summed E-state index contributed by atoms with van der Waals surface area (Å²) in [4.78, 5) is 33.8. The van der Waals surface area contributed by atoms with E-state index in [1.54, 1.807) is 24.3 Å². The lowest BCUT2D eigenvalue weighted by Gasteiger charge is -2.07. The number of amides is 2. The van der Waals surface area contributed by atoms with Crippen LogP contribution in [0.4, 0.5) is 4.39 Å². The van der Waals surface area contributed by atoms with Crippen LogP contribution in [0.15, 0.2) is 59.8 Å². The molecular formula is C23H19FN4O2S2. The number of thioether (sulfide) groups is 1. The molecule has 0 saturated heterocycles. The number of benzene rings is 2. The standard InChI is InChI=1S/C23H19FN4O2S2/c1-13-10-14(2)26-23(25-13)31-12-15-6-8-16(9-7-15)21(29)27-28-22(30)20-11-17-18(24)4-3-5-19(17)32-20/h3-11H,12H2,1-2H3,(H,27,29)(H,28,30). The summed E-state index contributed by atoms with van der Waals surface area (Å²) in [7, 11) is 0. The summed E-state index contributed by atoms with van der Waals surface area (Å²) in [5, 5.41) is 1.10. The minimum absolute atomic E-state index is 0.311. The number of carbonyl (C=O) groups excluding carboxylic acids is 2. The average Bonchev–Trinajstić information content (AvgIpc) is 3.21. The predicted molar refractivity (Wildman–Crippen MR) is 124 cm³/mol. The van der Waals surface area contributed by atoms with Crippen LogP contribution in [-0.2, 0) is 5.75 Å². The van der Waals surface area contributed by atoms with Crippen molar-refractivity contribution in [1.29, 1.82) is 0 Å². The number of hydrogen-bond donors (Lipinski definition) is 2. The Kier molecular flexibility index (Phi) is 6.48. The van der Waals surface area contributed by atoms with Gasteiger partial charge in [-0.05, 0) is 55.8 Å². The van der Waals surface area contributed by atoms with E-state index in [0.29, 0.717) is 31.4 Å². The highest BCUT2D eigenvalue weighted by atomic mass is 32.2. The van der Waals surface area contributed by atoms with E-state index < -0.39 is 11.8 Å². The second-order valence-corrected chi connectivity index (χ2v) is 9.12. The maximum atomic E-state index is 13.8. The normalized spacial score (nSPS) is 10.8. The number of aromatic nitrogens is 2. The van der Waals surface area contributed by atoms with Gasteiger partial charge in [0, 0.05) is 32.8 Å². The molecule has 0 aliphatic rings. The zero-order valence-corrected chi connectivity index (χ0v) is 18.9. The maximum absolute atomic E-state index is 13.8. The Morgan fingerprint density at radius 3 is 2.34 bits per heavy atom. The van der Waals surface area contributed by atoms with Crippen LogP contribution in [0.2, 0.25) is 0 Å². The molecule has 4 aromatic rings. The smallest absolute Gasteiger partial charge is 0.267 e. The molecule has 0 spiro atoms. The van der Waals surface area contributed by atoms with E-state index in [4.69, 9.17) is 0 Å². The molecule has 6 nitrogen and oxygen atoms in total. The van der Waals surface area contributed by atoms with Crippen molar-refractivity contribution in [2.24, 2.45) is 0 Å². The lowest BCUT2D eigenvalue weighted by Crippen LogP contribution is -2.41. The molecule has 0 saturated carbocycles. The van der Waals surface area contributed by atoms with Crippen LogP contribution in [0.1, 0.15) is 37.0 Å². The number of hydrogen-bond acceptors (Lipinski definition) is 6. The largest absolute Gasteiger partial charge is 0.279 e. The highest BCUT2D eigenvalue weighted by molar-refractivity contribution is 7.98. The summed E-state index contributed by atoms with van der Waals surface area (Å²) >= 11 is 2.68. The predicted octanol–water partition coefficient (Wildman–Crippen LogP) is 4.81. The monoisotopic (exact) mass is 466 g/mol. The fraction of sp³-hybridized carbons (Fsp3) is 0.130. The summed E-state index contributed by atoms with van der Waals surface area (Å²) < 4.78 is 14.5. The van der Waals surface area contributed by atoms with Gasteiger partial charge >= 0.3 is 0 Å². The van der Waals surface area contributed by atoms with Crippen LogP contribution in [0.25, 0.3) is 10.1 Å². The van der Waals surface area contributed by atoms with Gasteiger partial charge in [-0.3, -0.25) is 20.4 Å². The van der Waals surface area contributed by atoms with Crippen molar-refractivity contribution in [3.63, 3.8) is 0 Å². The zero-order chi connectivity index (χ0) is 22.7. The second kappa shape index (κ2) is 9.46. The minimum Gasteiger partial charge on any atom is -0.267 e. The number of rotatable bonds is 5. The summed E-state index contributed by atoms with van der Waals surface area (Å²) in [5.41, 5.74) is 8.05. The minimum atomic E-state index is -0.500. The first-order valence-electron chi connectivity index (χ1n) is 9.72. The van der Waals surface area contributed by atoms with Crippen LogP contribution in [0, 0.1) is 19.7 Å². The number of thiophene rings is 1. The Morgan fingerprint density at radius 2 is 1.66 bits per heavy atom. The summed E-state index contributed by atoms with van der Waals surface area (Å²) in [5.74, 6) is -0.656. The first-order chi connectivity index (χ1) is 15.4. The first-order valence-corrected chi connectivity index (χ1v) is 11.5. The van der Waals surface area contributed by atoms with Crippen LogP contribution in [0.3, 0.4) is 0 Å². The van der Waals surface area contributed by atoms with Gasteiger partial charge in [0.05, 0.1) is 4.88 Å². The van der Waals surface area contributed by atoms with Gasteiger partial charge in [0.25, 0.3) is 11.8 Å². The van der Waals surface area contributed by atoms with Gasteiger partial charge in [0.2, 0.25) is 0 Å². The number of aryl methyl sites for hydroxylation is 2. The maximum Gasteiger partial charge on any atom is 0.279 e. The van der Waals surface area contributed by atoms with Gasteiger partial charge in [-0.1, -0.05) is 30.0 Å². The lowest BCUT2D eigenvalue weighted by molar-refractivity contribution is 0.0849. The van der Waals surface area contributed by atoms with E-state index in [0.717, 1.165) is 28.3 Å². The van der Waals surface area contributed by atoms with Crippen molar-refractivity contribution in [2.75, 3.05) is 0 Å². The molecule has 0 bridgehead atoms. The lowest BCUT2D eigenvalue weighted by atomic mass is 10.1. The number of carbonyl (C=O) groups is 2. The van der Waals surface area contributed by atoms with E-state index in [9.17, 15) is 14.0 Å². The fourth-order valence-electron chi connectivity index (χ4n) is 3.04. The van der Waals surface area contributed by atoms with Crippen LogP contribution in [0.5, 0.6) is 0 Å². The van der Waals surface area contributed by atoms with Gasteiger partial charge < -0.3 is 0 Å². The molecule has 2 N–H and O–H groups in total. The molecule has 0 radical (unpaired) electrons. The van der Waals surface area contributed by atoms with Gasteiger partial charge in [-0.2, -0.15) is 0 Å². The van der Waals surface area contributed by atoms with E-state index >= 15 is 0 Å². The van der Waals surface area contributed by atoms with E-state index in [2.05, 4.69) is 20.8 Å². The molecule has 0 fully saturated rings. The third-order valence-corrected chi connectivity index (χ3v) is 6.58. The number of nitrogens with one attached hydrogen (secondary N) is 2. The molecule has 32 heavy (non-hydrogen) atoms. The van der Waals surface area contributed by atoms with Gasteiger partial charge in [0.1, 0.15) is 5.82 Å². The highest BCUT2D eigenvalue weighted by Gasteiger charge is 2.14. The Morgan fingerprint density at radius 1 is 0.969 bits per heavy atom. The number of fused-ring (bicyclic) bond motifs is 1. The van der Waals surface area contributed by atoms with Crippen LogP contribution >= 0.6 is 23.1 Å². The number of halogens is 1. The Labute approximate surface area is 192 Å². The fourth-order valence-corrected chi connectivity index (χ4v) is 4.92. The van der Waals surface area contributed by atoms with Crippen molar-refractivity contribution in [3.05, 3.63) is 87.8 Å². The molecule has 2 aromatic heterocycles. The van der Waals surface area contributed by atoms with Crippen LogP contribution in [-0.4, -0.2) is 21.8 Å². The first kappa shape index (κ1) is 21.9. The summed E-state index contributed by atoms with van der Waals surface area (Å²) in [6.07, 6.45) is 0. The Bertz CT molecular complexity index is 1290. The van der Waals surface area contributed by atoms with Gasteiger partial charge in [-0.15, -0.1) is 11.3 Å². The van der Waals surface area contributed by atoms with E-state index in [-0.39, 0.29) is 5.82 Å². The quantitative estimate of drug-likeness (QED) is 0.250. The molecule has 0 aliphatic heterocycles. The molecule has 0 aliphatic carbocycles. The van der Waals surface area contributed by atoms with E-state index in [1.165, 1.54) is 23.9 Å². The molecule has 0 atom stereocenters. The van der Waals surface area contributed by atoms with Crippen molar-refractivity contribution in [2.45, 2.75) is 24.8 Å². The van der Waals surface area contributed by atoms with Crippen molar-refractivity contribution < 1.29 is 14.0 Å². The molecule has 9 heteroatoms. The zero-order valence-electron chi connectivity index (χ0n) is 17.3. The summed E-state index contributed by atoms with van der Waals surface area (Å²) in [6, 6.07) is 15.2. The topological polar surface area (TPSA) is 84.0 Å². The van der Waals surface area contributed by atoms with Crippen molar-refractivity contribution in [3.8, 4) is 0 Å². The molecule has 2 aromatic carbocycles. The molecule has 2 amide bonds. The van der Waals surface area contributed by atoms with Crippen molar-refractivity contribution in [1.82, 2.24) is 20.8 Å². The van der Waals surface area contributed by atoms with Gasteiger partial charge in [0.15, 0.2) is 5.16 Å². The third-order valence-electron chi connectivity index (χ3n) is 4.57. The van der Waals surface area contributed by atoms with Gasteiger partial charge in [-0.25, -0.2) is 14.4 Å². The molecule has 162 valence electrons. The van der Waals surface area contributed by atoms with Crippen LogP contribution < -0.4 is 10.9 Å². The molecular weight excluding hydrogens is 447 g/mol. The molecule has 2 heterocycles. The number of nitrogens with zero attached hydrogens (tertiary/aromatic N) is 2. The van der Waals surface area contributed by atoms with Crippen molar-refractivity contribution >= 4 is 45.0 Å². The highest BCUT2D eigenvalue weighted by Crippen LogP contribution is 2.27. The Hall–Kier alpha value is -3.30. The Balaban J connectivity index is 1.33. The van der Waals surface area contributed by atoms with E-state index in [1.807, 2.05) is 32.0 Å². The SMILES string of the molecule is Cc1cc(C)nc(SCc2ccc(C(=O)NNC(=O)c3cc4c(F)cccc4s3)cc2)n1. The average molecular weight is 467 g/mol.